The fraction of sp³-hybridized carbons (Fsp3) is 0.190. The molecule has 0 aliphatic carbocycles. The van der Waals surface area contributed by atoms with Crippen LogP contribution in [0.25, 0.3) is 22.4 Å². The van der Waals surface area contributed by atoms with E-state index in [0.29, 0.717) is 33.7 Å². The molecule has 3 rings (SSSR count). The van der Waals surface area contributed by atoms with Crippen molar-refractivity contribution in [2.75, 3.05) is 28.4 Å². The first-order chi connectivity index (χ1) is 13.5. The highest BCUT2D eigenvalue weighted by Crippen LogP contribution is 2.43. The first kappa shape index (κ1) is 19.6. The Morgan fingerprint density at radius 3 is 1.96 bits per heavy atom. The molecule has 6 nitrogen and oxygen atoms in total. The summed E-state index contributed by atoms with van der Waals surface area (Å²) >= 11 is 6.20. The van der Waals surface area contributed by atoms with Gasteiger partial charge < -0.3 is 24.1 Å². The minimum absolute atomic E-state index is 0.0239. The largest absolute Gasteiger partial charge is 0.504 e. The van der Waals surface area contributed by atoms with E-state index in [1.807, 2.05) is 18.2 Å². The molecule has 0 spiro atoms. The fourth-order valence-electron chi connectivity index (χ4n) is 2.96. The molecule has 0 saturated heterocycles. The van der Waals surface area contributed by atoms with E-state index < -0.39 is 0 Å². The van der Waals surface area contributed by atoms with Crippen LogP contribution in [-0.4, -0.2) is 38.5 Å². The maximum atomic E-state index is 10.2. The summed E-state index contributed by atoms with van der Waals surface area (Å²) in [5.41, 5.74) is 2.86. The predicted octanol–water partition coefficient (Wildman–Crippen LogP) is 4.81. The van der Waals surface area contributed by atoms with Crippen molar-refractivity contribution in [2.24, 2.45) is 0 Å². The van der Waals surface area contributed by atoms with Gasteiger partial charge in [-0.2, -0.15) is 0 Å². The van der Waals surface area contributed by atoms with E-state index in [-0.39, 0.29) is 5.75 Å². The van der Waals surface area contributed by atoms with Crippen LogP contribution in [0.1, 0.15) is 0 Å². The van der Waals surface area contributed by atoms with E-state index >= 15 is 0 Å². The summed E-state index contributed by atoms with van der Waals surface area (Å²) in [5, 5.41) is 10.7. The number of benzene rings is 2. The number of phenolic OH excluding ortho intramolecular Hbond substituents is 1. The second-order valence-electron chi connectivity index (χ2n) is 5.85. The number of hydrogen-bond acceptors (Lipinski definition) is 6. The molecule has 7 heteroatoms. The van der Waals surface area contributed by atoms with Crippen molar-refractivity contribution >= 4 is 11.6 Å². The van der Waals surface area contributed by atoms with Crippen LogP contribution in [-0.2, 0) is 0 Å². The molecule has 0 aliphatic rings. The molecule has 0 saturated carbocycles. The molecule has 146 valence electrons. The van der Waals surface area contributed by atoms with Crippen LogP contribution in [0, 0.1) is 0 Å². The number of pyridine rings is 1. The van der Waals surface area contributed by atoms with Crippen molar-refractivity contribution in [1.82, 2.24) is 4.98 Å². The normalized spacial score (nSPS) is 10.5. The second kappa shape index (κ2) is 8.27. The average Bonchev–Trinajstić information content (AvgIpc) is 2.72. The lowest BCUT2D eigenvalue weighted by Crippen LogP contribution is -1.97. The van der Waals surface area contributed by atoms with Crippen LogP contribution in [0.3, 0.4) is 0 Å². The van der Waals surface area contributed by atoms with Gasteiger partial charge in [0.05, 0.1) is 39.2 Å². The molecular formula is C21H20ClNO5. The SMILES string of the molecule is COc1ccc(-c2cc(Cl)cnc2-c2cc(OC)c(OC)c(OC)c2)cc1O. The van der Waals surface area contributed by atoms with E-state index in [1.165, 1.54) is 7.11 Å². The number of hydrogen-bond donors (Lipinski definition) is 1. The van der Waals surface area contributed by atoms with Crippen LogP contribution < -0.4 is 18.9 Å². The van der Waals surface area contributed by atoms with Gasteiger partial charge in [0.25, 0.3) is 0 Å². The highest BCUT2D eigenvalue weighted by molar-refractivity contribution is 6.30. The van der Waals surface area contributed by atoms with E-state index in [4.69, 9.17) is 30.5 Å². The topological polar surface area (TPSA) is 70.0 Å². The zero-order chi connectivity index (χ0) is 20.3. The predicted molar refractivity (Wildman–Crippen MR) is 108 cm³/mol. The minimum atomic E-state index is 0.0239. The van der Waals surface area contributed by atoms with Crippen molar-refractivity contribution in [1.29, 1.82) is 0 Å². The molecule has 3 aromatic rings. The molecule has 28 heavy (non-hydrogen) atoms. The quantitative estimate of drug-likeness (QED) is 0.639. The number of methoxy groups -OCH3 is 4. The van der Waals surface area contributed by atoms with E-state index in [1.54, 1.807) is 45.7 Å². The Labute approximate surface area is 168 Å². The molecule has 0 aliphatic heterocycles. The first-order valence-electron chi connectivity index (χ1n) is 8.35. The molecular weight excluding hydrogens is 382 g/mol. The highest BCUT2D eigenvalue weighted by Gasteiger charge is 2.18. The summed E-state index contributed by atoms with van der Waals surface area (Å²) < 4.78 is 21.4. The lowest BCUT2D eigenvalue weighted by Gasteiger charge is -2.16. The van der Waals surface area contributed by atoms with Gasteiger partial charge in [-0.25, -0.2) is 0 Å². The third kappa shape index (κ3) is 3.64. The van der Waals surface area contributed by atoms with Crippen LogP contribution in [0.2, 0.25) is 5.02 Å². The summed E-state index contributed by atoms with van der Waals surface area (Å²) in [6, 6.07) is 10.5. The van der Waals surface area contributed by atoms with Crippen LogP contribution in [0.15, 0.2) is 42.6 Å². The highest BCUT2D eigenvalue weighted by atomic mass is 35.5. The molecule has 0 bridgehead atoms. The zero-order valence-corrected chi connectivity index (χ0v) is 16.7. The average molecular weight is 402 g/mol. The van der Waals surface area contributed by atoms with Gasteiger partial charge in [-0.15, -0.1) is 0 Å². The van der Waals surface area contributed by atoms with Gasteiger partial charge >= 0.3 is 0 Å². The van der Waals surface area contributed by atoms with Gasteiger partial charge in [0, 0.05) is 17.3 Å². The third-order valence-corrected chi connectivity index (χ3v) is 4.49. The fourth-order valence-corrected chi connectivity index (χ4v) is 3.12. The van der Waals surface area contributed by atoms with E-state index in [2.05, 4.69) is 4.98 Å². The molecule has 1 N–H and O–H groups in total. The lowest BCUT2D eigenvalue weighted by atomic mass is 9.98. The Bertz CT molecular complexity index is 981. The Kier molecular flexibility index (Phi) is 5.80. The van der Waals surface area contributed by atoms with Crippen LogP contribution in [0.5, 0.6) is 28.7 Å². The van der Waals surface area contributed by atoms with Crippen molar-refractivity contribution in [3.8, 4) is 51.1 Å². The number of nitrogens with zero attached hydrogens (tertiary/aromatic N) is 1. The minimum Gasteiger partial charge on any atom is -0.504 e. The summed E-state index contributed by atoms with van der Waals surface area (Å²) in [7, 11) is 6.15. The summed E-state index contributed by atoms with van der Waals surface area (Å²) in [4.78, 5) is 4.51. The molecule has 0 atom stereocenters. The molecule has 0 amide bonds. The molecule has 1 heterocycles. The number of halogens is 1. The van der Waals surface area contributed by atoms with E-state index in [9.17, 15) is 5.11 Å². The summed E-state index contributed by atoms with van der Waals surface area (Å²) in [6.45, 7) is 0. The summed E-state index contributed by atoms with van der Waals surface area (Å²) in [5.74, 6) is 1.92. The maximum Gasteiger partial charge on any atom is 0.203 e. The van der Waals surface area contributed by atoms with Crippen molar-refractivity contribution in [2.45, 2.75) is 0 Å². The molecule has 0 fully saturated rings. The van der Waals surface area contributed by atoms with Gasteiger partial charge in [-0.3, -0.25) is 4.98 Å². The number of phenols is 1. The Balaban J connectivity index is 2.23. The number of rotatable bonds is 6. The standard InChI is InChI=1S/C21H20ClNO5/c1-25-17-6-5-12(7-16(17)24)15-10-14(22)11-23-20(15)13-8-18(26-2)21(28-4)19(9-13)27-3/h5-11,24H,1-4H3. The van der Waals surface area contributed by atoms with Gasteiger partial charge in [-0.05, 0) is 35.9 Å². The third-order valence-electron chi connectivity index (χ3n) is 4.28. The second-order valence-corrected chi connectivity index (χ2v) is 6.29. The van der Waals surface area contributed by atoms with Crippen LogP contribution >= 0.6 is 11.6 Å². The Hall–Kier alpha value is -3.12. The lowest BCUT2D eigenvalue weighted by molar-refractivity contribution is 0.324. The smallest absolute Gasteiger partial charge is 0.203 e. The molecule has 2 aromatic carbocycles. The number of aromatic nitrogens is 1. The Morgan fingerprint density at radius 1 is 0.786 bits per heavy atom. The molecule has 0 radical (unpaired) electrons. The van der Waals surface area contributed by atoms with Gasteiger partial charge in [0.15, 0.2) is 23.0 Å². The first-order valence-corrected chi connectivity index (χ1v) is 8.73. The van der Waals surface area contributed by atoms with Crippen molar-refractivity contribution < 1.29 is 24.1 Å². The number of aromatic hydroxyl groups is 1. The van der Waals surface area contributed by atoms with Crippen molar-refractivity contribution in [3.63, 3.8) is 0 Å². The zero-order valence-electron chi connectivity index (χ0n) is 15.9. The maximum absolute atomic E-state index is 10.2. The molecule has 0 unspecified atom stereocenters. The molecule has 1 aromatic heterocycles. The van der Waals surface area contributed by atoms with Crippen molar-refractivity contribution in [3.05, 3.63) is 47.6 Å². The van der Waals surface area contributed by atoms with Gasteiger partial charge in [0.1, 0.15) is 0 Å². The number of ether oxygens (including phenoxy) is 4. The Morgan fingerprint density at radius 2 is 1.43 bits per heavy atom. The van der Waals surface area contributed by atoms with Gasteiger partial charge in [-0.1, -0.05) is 17.7 Å². The monoisotopic (exact) mass is 401 g/mol. The van der Waals surface area contributed by atoms with E-state index in [0.717, 1.165) is 16.7 Å². The van der Waals surface area contributed by atoms with Gasteiger partial charge in [0.2, 0.25) is 5.75 Å². The van der Waals surface area contributed by atoms with Crippen LogP contribution in [0.4, 0.5) is 0 Å². The summed E-state index contributed by atoms with van der Waals surface area (Å²) in [6.07, 6.45) is 1.56.